The Morgan fingerprint density at radius 2 is 1.91 bits per heavy atom. The Bertz CT molecular complexity index is 1780. The molecule has 14 heteroatoms. The summed E-state index contributed by atoms with van der Waals surface area (Å²) in [5.74, 6) is 0.867. The van der Waals surface area contributed by atoms with Crippen LogP contribution in [0, 0.1) is 5.41 Å². The first-order chi connectivity index (χ1) is 20.8. The Balaban J connectivity index is 1.13. The van der Waals surface area contributed by atoms with Crippen LogP contribution in [0.5, 0.6) is 5.75 Å². The number of piperazine rings is 1. The van der Waals surface area contributed by atoms with Crippen LogP contribution in [0.4, 0.5) is 10.6 Å². The number of fused-ring (bicyclic) bond motifs is 2. The van der Waals surface area contributed by atoms with E-state index in [2.05, 4.69) is 30.5 Å². The number of ether oxygens (including phenoxy) is 1. The fourth-order valence-corrected chi connectivity index (χ4v) is 5.79. The summed E-state index contributed by atoms with van der Waals surface area (Å²) >= 11 is 0. The van der Waals surface area contributed by atoms with Gasteiger partial charge in [0.2, 0.25) is 0 Å². The summed E-state index contributed by atoms with van der Waals surface area (Å²) in [7, 11) is 1.52. The van der Waals surface area contributed by atoms with Gasteiger partial charge in [0.05, 0.1) is 19.9 Å². The second kappa shape index (κ2) is 10.1. The van der Waals surface area contributed by atoms with Crippen molar-refractivity contribution in [3.8, 4) is 5.75 Å². The number of hydrogen-bond donors (Lipinski definition) is 3. The van der Waals surface area contributed by atoms with Crippen molar-refractivity contribution in [1.82, 2.24) is 35.4 Å². The molecule has 1 aromatic carbocycles. The van der Waals surface area contributed by atoms with Crippen molar-refractivity contribution < 1.29 is 23.5 Å². The van der Waals surface area contributed by atoms with Crippen molar-refractivity contribution in [2.24, 2.45) is 0 Å². The highest BCUT2D eigenvalue weighted by Gasteiger charge is 2.53. The van der Waals surface area contributed by atoms with E-state index in [-0.39, 0.29) is 24.8 Å². The summed E-state index contributed by atoms with van der Waals surface area (Å²) in [6.45, 7) is 2.70. The van der Waals surface area contributed by atoms with E-state index in [1.165, 1.54) is 12.0 Å². The first-order valence-electron chi connectivity index (χ1n) is 13.7. The van der Waals surface area contributed by atoms with Gasteiger partial charge in [-0.05, 0) is 23.8 Å². The number of carbonyl (C=O) groups is 3. The summed E-state index contributed by atoms with van der Waals surface area (Å²) in [6.07, 6.45) is 6.61. The zero-order valence-electron chi connectivity index (χ0n) is 23.2. The lowest BCUT2D eigenvalue weighted by atomic mass is 9.95. The van der Waals surface area contributed by atoms with Crippen molar-refractivity contribution in [2.45, 2.75) is 12.1 Å². The number of furan rings is 1. The lowest BCUT2D eigenvalue weighted by Crippen LogP contribution is -2.52. The fourth-order valence-electron chi connectivity index (χ4n) is 5.79. The topological polar surface area (TPSA) is 170 Å². The summed E-state index contributed by atoms with van der Waals surface area (Å²) in [4.78, 5) is 57.5. The SMILES string of the molecule is COc1ccc2c(c1)C(=O)N(C[C@@]1(c3cc4ncc(C(=N)N5CCN(c6cnccn6)CC5)cc4o3)NC(=O)NC1=O)C2. The first-order valence-corrected chi connectivity index (χ1v) is 13.7. The number of carbonyl (C=O) groups excluding carboxylic acids is 3. The Hall–Kier alpha value is -5.53. The third-order valence-electron chi connectivity index (χ3n) is 8.10. The monoisotopic (exact) mass is 581 g/mol. The molecule has 1 atom stereocenters. The zero-order chi connectivity index (χ0) is 29.7. The van der Waals surface area contributed by atoms with E-state index in [1.807, 2.05) is 11.0 Å². The van der Waals surface area contributed by atoms with E-state index in [0.717, 1.165) is 11.4 Å². The van der Waals surface area contributed by atoms with Gasteiger partial charge in [0.15, 0.2) is 11.1 Å². The Morgan fingerprint density at radius 3 is 2.63 bits per heavy atom. The van der Waals surface area contributed by atoms with Gasteiger partial charge in [-0.2, -0.15) is 0 Å². The van der Waals surface area contributed by atoms with Crippen molar-refractivity contribution in [3.05, 3.63) is 77.6 Å². The van der Waals surface area contributed by atoms with Gasteiger partial charge in [-0.15, -0.1) is 0 Å². The standard InChI is InChI=1S/C29H27N9O5/c1-42-19-3-2-17-15-38(26(39)20(17)11-19)16-29(27(40)34-28(41)35-29)23-12-21-22(43-23)10-18(13-33-21)25(30)37-8-6-36(7-9-37)24-14-31-4-5-32-24/h2-5,10-14,30H,6-9,15-16H2,1H3,(H2,34,35,40,41)/t29-/m0/s1. The molecule has 43 heavy (non-hydrogen) atoms. The van der Waals surface area contributed by atoms with Crippen LogP contribution < -0.4 is 20.3 Å². The molecule has 0 spiro atoms. The molecule has 4 amide bonds. The summed E-state index contributed by atoms with van der Waals surface area (Å²) in [6, 6.07) is 7.84. The summed E-state index contributed by atoms with van der Waals surface area (Å²) in [5.41, 5.74) is 0.958. The van der Waals surface area contributed by atoms with Crippen molar-refractivity contribution in [2.75, 3.05) is 44.7 Å². The first kappa shape index (κ1) is 26.4. The minimum absolute atomic E-state index is 0.140. The number of methoxy groups -OCH3 is 1. The van der Waals surface area contributed by atoms with Crippen molar-refractivity contribution in [1.29, 1.82) is 5.41 Å². The maximum absolute atomic E-state index is 13.3. The minimum Gasteiger partial charge on any atom is -0.497 e. The number of benzene rings is 1. The lowest BCUT2D eigenvalue weighted by molar-refractivity contribution is -0.125. The van der Waals surface area contributed by atoms with Gasteiger partial charge in [0.25, 0.3) is 11.8 Å². The summed E-state index contributed by atoms with van der Waals surface area (Å²) < 4.78 is 11.4. The van der Waals surface area contributed by atoms with Crippen molar-refractivity contribution in [3.63, 3.8) is 0 Å². The molecule has 7 rings (SSSR count). The Labute approximate surface area is 245 Å². The molecule has 218 valence electrons. The molecule has 2 saturated heterocycles. The molecule has 3 aliphatic rings. The largest absolute Gasteiger partial charge is 0.497 e. The summed E-state index contributed by atoms with van der Waals surface area (Å²) in [5, 5.41) is 13.8. The number of pyridine rings is 1. The van der Waals surface area contributed by atoms with Crippen LogP contribution in [0.1, 0.15) is 27.2 Å². The van der Waals surface area contributed by atoms with E-state index < -0.39 is 17.5 Å². The molecule has 2 fully saturated rings. The molecule has 3 aliphatic heterocycles. The fraction of sp³-hybridized carbons (Fsp3) is 0.276. The Morgan fingerprint density at radius 1 is 1.07 bits per heavy atom. The van der Waals surface area contributed by atoms with Gasteiger partial charge in [-0.3, -0.25) is 30.3 Å². The number of amidine groups is 1. The number of urea groups is 1. The van der Waals surface area contributed by atoms with Gasteiger partial charge in [-0.25, -0.2) is 9.78 Å². The molecular formula is C29H27N9O5. The molecule has 6 heterocycles. The second-order valence-corrected chi connectivity index (χ2v) is 10.6. The van der Waals surface area contributed by atoms with Crippen LogP contribution in [0.3, 0.4) is 0 Å². The smallest absolute Gasteiger partial charge is 0.322 e. The maximum Gasteiger partial charge on any atom is 0.322 e. The quantitative estimate of drug-likeness (QED) is 0.172. The van der Waals surface area contributed by atoms with Crippen LogP contribution in [-0.4, -0.2) is 88.3 Å². The number of hydrogen-bond acceptors (Lipinski definition) is 10. The highest BCUT2D eigenvalue weighted by molar-refractivity contribution is 6.08. The predicted octanol–water partition coefficient (Wildman–Crippen LogP) is 1.46. The molecule has 0 radical (unpaired) electrons. The zero-order valence-corrected chi connectivity index (χ0v) is 23.2. The minimum atomic E-state index is -1.66. The number of anilines is 1. The van der Waals surface area contributed by atoms with Gasteiger partial charge >= 0.3 is 6.03 Å². The molecule has 0 unspecified atom stereocenters. The molecule has 4 aromatic rings. The highest BCUT2D eigenvalue weighted by Crippen LogP contribution is 2.35. The highest BCUT2D eigenvalue weighted by atomic mass is 16.5. The van der Waals surface area contributed by atoms with Gasteiger partial charge in [-0.1, -0.05) is 6.07 Å². The normalized spacial score (nSPS) is 19.9. The molecule has 3 aromatic heterocycles. The number of rotatable bonds is 6. The van der Waals surface area contributed by atoms with Crippen LogP contribution in [0.2, 0.25) is 0 Å². The van der Waals surface area contributed by atoms with Crippen LogP contribution in [-0.2, 0) is 16.9 Å². The Kier molecular flexibility index (Phi) is 6.18. The number of amides is 4. The average molecular weight is 582 g/mol. The third kappa shape index (κ3) is 4.47. The van der Waals surface area contributed by atoms with Crippen LogP contribution in [0.15, 0.2) is 59.5 Å². The third-order valence-corrected chi connectivity index (χ3v) is 8.10. The van der Waals surface area contributed by atoms with E-state index in [0.29, 0.717) is 60.0 Å². The number of nitrogens with one attached hydrogen (secondary N) is 3. The van der Waals surface area contributed by atoms with E-state index in [4.69, 9.17) is 14.6 Å². The molecule has 0 saturated carbocycles. The molecule has 14 nitrogen and oxygen atoms in total. The number of imide groups is 1. The van der Waals surface area contributed by atoms with Crippen molar-refractivity contribution >= 4 is 40.6 Å². The van der Waals surface area contributed by atoms with E-state index >= 15 is 0 Å². The maximum atomic E-state index is 13.3. The van der Waals surface area contributed by atoms with Crippen LogP contribution in [0.25, 0.3) is 11.1 Å². The van der Waals surface area contributed by atoms with E-state index in [1.54, 1.807) is 49.1 Å². The number of nitrogens with zero attached hydrogens (tertiary/aromatic N) is 6. The van der Waals surface area contributed by atoms with E-state index in [9.17, 15) is 14.4 Å². The predicted molar refractivity (Wildman–Crippen MR) is 153 cm³/mol. The van der Waals surface area contributed by atoms with Gasteiger partial charge in [0, 0.05) is 68.5 Å². The second-order valence-electron chi connectivity index (χ2n) is 10.6. The molecular weight excluding hydrogens is 554 g/mol. The molecule has 0 bridgehead atoms. The van der Waals surface area contributed by atoms with Gasteiger partial charge < -0.3 is 29.2 Å². The average Bonchev–Trinajstić information content (AvgIpc) is 3.69. The van der Waals surface area contributed by atoms with Crippen LogP contribution >= 0.6 is 0 Å². The molecule has 3 N–H and O–H groups in total. The lowest BCUT2D eigenvalue weighted by Gasteiger charge is -2.36. The number of aromatic nitrogens is 3. The molecule has 0 aliphatic carbocycles. The van der Waals surface area contributed by atoms with Gasteiger partial charge in [0.1, 0.15) is 28.7 Å².